The van der Waals surface area contributed by atoms with E-state index in [4.69, 9.17) is 0 Å². The Morgan fingerprint density at radius 2 is 1.64 bits per heavy atom. The summed E-state index contributed by atoms with van der Waals surface area (Å²) in [5.41, 5.74) is 3.10. The molecule has 0 heterocycles. The number of benzene rings is 2. The van der Waals surface area contributed by atoms with Gasteiger partial charge in [0.25, 0.3) is 5.69 Å². The number of anilines is 3. The number of nitrogens with zero attached hydrogens (tertiary/aromatic N) is 1. The second-order valence-electron chi connectivity index (χ2n) is 6.95. The standard InChI is InChI=1S/C20H22N4O4/c1-12-9-17(18(24(27)28)10-13(12)2)23-19(25)11-21-15-5-7-16(8-6-15)22-20(26)14-3-4-14/h5-10,14,21H,3-4,11H2,1-2H3,(H,22,26)(H,23,25). The molecule has 2 aromatic carbocycles. The molecule has 0 aromatic heterocycles. The summed E-state index contributed by atoms with van der Waals surface area (Å²) in [7, 11) is 0. The molecule has 0 bridgehead atoms. The number of nitro benzene ring substituents is 1. The number of nitro groups is 1. The summed E-state index contributed by atoms with van der Waals surface area (Å²) in [6.45, 7) is 3.57. The fraction of sp³-hybridized carbons (Fsp3) is 0.300. The zero-order chi connectivity index (χ0) is 20.3. The Labute approximate surface area is 162 Å². The highest BCUT2D eigenvalue weighted by atomic mass is 16.6. The molecule has 28 heavy (non-hydrogen) atoms. The number of nitrogens with one attached hydrogen (secondary N) is 3. The second-order valence-corrected chi connectivity index (χ2v) is 6.95. The van der Waals surface area contributed by atoms with Gasteiger partial charge in [-0.3, -0.25) is 19.7 Å². The van der Waals surface area contributed by atoms with Crippen LogP contribution in [0.5, 0.6) is 0 Å². The first-order valence-electron chi connectivity index (χ1n) is 9.04. The van der Waals surface area contributed by atoms with Crippen LogP contribution in [0.2, 0.25) is 0 Å². The van der Waals surface area contributed by atoms with E-state index in [1.165, 1.54) is 6.07 Å². The van der Waals surface area contributed by atoms with Gasteiger partial charge in [-0.1, -0.05) is 0 Å². The number of carbonyl (C=O) groups excluding carboxylic acids is 2. The van der Waals surface area contributed by atoms with Gasteiger partial charge >= 0.3 is 0 Å². The number of hydrogen-bond acceptors (Lipinski definition) is 5. The van der Waals surface area contributed by atoms with Gasteiger partial charge in [-0.25, -0.2) is 0 Å². The van der Waals surface area contributed by atoms with Gasteiger partial charge in [0.15, 0.2) is 0 Å². The van der Waals surface area contributed by atoms with E-state index in [1.807, 2.05) is 6.92 Å². The van der Waals surface area contributed by atoms with Gasteiger partial charge in [-0.15, -0.1) is 0 Å². The summed E-state index contributed by atoms with van der Waals surface area (Å²) < 4.78 is 0. The van der Waals surface area contributed by atoms with Crippen molar-refractivity contribution in [2.45, 2.75) is 26.7 Å². The van der Waals surface area contributed by atoms with Gasteiger partial charge in [-0.05, 0) is 68.1 Å². The lowest BCUT2D eigenvalue weighted by Gasteiger charge is -2.11. The number of hydrogen-bond donors (Lipinski definition) is 3. The quantitative estimate of drug-likeness (QED) is 0.500. The summed E-state index contributed by atoms with van der Waals surface area (Å²) in [6, 6.07) is 10.1. The molecule has 0 spiro atoms. The van der Waals surface area contributed by atoms with Crippen LogP contribution in [0.3, 0.4) is 0 Å². The predicted molar refractivity (Wildman–Crippen MR) is 107 cm³/mol. The van der Waals surface area contributed by atoms with Crippen molar-refractivity contribution < 1.29 is 14.5 Å². The predicted octanol–water partition coefficient (Wildman–Crippen LogP) is 3.61. The zero-order valence-electron chi connectivity index (χ0n) is 15.7. The molecule has 8 heteroatoms. The maximum absolute atomic E-state index is 12.2. The van der Waals surface area contributed by atoms with E-state index in [-0.39, 0.29) is 29.7 Å². The molecule has 0 saturated heterocycles. The molecule has 0 radical (unpaired) electrons. The molecule has 1 aliphatic carbocycles. The minimum Gasteiger partial charge on any atom is -0.376 e. The lowest BCUT2D eigenvalue weighted by Crippen LogP contribution is -2.22. The molecule has 2 aromatic rings. The smallest absolute Gasteiger partial charge is 0.293 e. The zero-order valence-corrected chi connectivity index (χ0v) is 15.7. The average Bonchev–Trinajstić information content (AvgIpc) is 3.49. The molecule has 0 aliphatic heterocycles. The highest BCUT2D eigenvalue weighted by Crippen LogP contribution is 2.30. The van der Waals surface area contributed by atoms with Crippen molar-refractivity contribution in [1.82, 2.24) is 0 Å². The highest BCUT2D eigenvalue weighted by Gasteiger charge is 2.29. The summed E-state index contributed by atoms with van der Waals surface area (Å²) >= 11 is 0. The highest BCUT2D eigenvalue weighted by molar-refractivity contribution is 5.96. The minimum absolute atomic E-state index is 0.0371. The van der Waals surface area contributed by atoms with Crippen LogP contribution in [0.15, 0.2) is 36.4 Å². The van der Waals surface area contributed by atoms with Crippen molar-refractivity contribution in [3.63, 3.8) is 0 Å². The molecule has 0 unspecified atom stereocenters. The van der Waals surface area contributed by atoms with Crippen molar-refractivity contribution in [3.05, 3.63) is 57.6 Å². The van der Waals surface area contributed by atoms with Crippen molar-refractivity contribution in [3.8, 4) is 0 Å². The van der Waals surface area contributed by atoms with Crippen molar-refractivity contribution in [2.24, 2.45) is 5.92 Å². The first kappa shape index (κ1) is 19.3. The minimum atomic E-state index is -0.510. The number of rotatable bonds is 7. The number of amides is 2. The van der Waals surface area contributed by atoms with Crippen LogP contribution in [0.4, 0.5) is 22.7 Å². The Kier molecular flexibility index (Phi) is 5.58. The van der Waals surface area contributed by atoms with Crippen LogP contribution < -0.4 is 16.0 Å². The molecule has 1 fully saturated rings. The van der Waals surface area contributed by atoms with Gasteiger partial charge in [0.2, 0.25) is 11.8 Å². The molecule has 2 amide bonds. The molecule has 3 N–H and O–H groups in total. The number of aryl methyl sites for hydroxylation is 2. The fourth-order valence-corrected chi connectivity index (χ4v) is 2.69. The number of carbonyl (C=O) groups is 2. The van der Waals surface area contributed by atoms with E-state index in [1.54, 1.807) is 37.3 Å². The first-order valence-corrected chi connectivity index (χ1v) is 9.04. The second kappa shape index (κ2) is 8.08. The molecular weight excluding hydrogens is 360 g/mol. The van der Waals surface area contributed by atoms with E-state index in [0.29, 0.717) is 11.4 Å². The topological polar surface area (TPSA) is 113 Å². The van der Waals surface area contributed by atoms with Crippen LogP contribution in [0, 0.1) is 29.9 Å². The Hall–Kier alpha value is -3.42. The third-order valence-corrected chi connectivity index (χ3v) is 4.64. The van der Waals surface area contributed by atoms with Crippen LogP contribution >= 0.6 is 0 Å². The van der Waals surface area contributed by atoms with Gasteiger partial charge in [0, 0.05) is 23.4 Å². The molecular formula is C20H22N4O4. The fourth-order valence-electron chi connectivity index (χ4n) is 2.69. The van der Waals surface area contributed by atoms with E-state index in [2.05, 4.69) is 16.0 Å². The van der Waals surface area contributed by atoms with Crippen molar-refractivity contribution in [2.75, 3.05) is 22.5 Å². The summed E-state index contributed by atoms with van der Waals surface area (Å²) in [5.74, 6) is -0.219. The van der Waals surface area contributed by atoms with Crippen LogP contribution in [-0.2, 0) is 9.59 Å². The van der Waals surface area contributed by atoms with Gasteiger partial charge in [-0.2, -0.15) is 0 Å². The van der Waals surface area contributed by atoms with Gasteiger partial charge in [0.05, 0.1) is 11.5 Å². The Balaban J connectivity index is 1.56. The van der Waals surface area contributed by atoms with Crippen LogP contribution in [0.1, 0.15) is 24.0 Å². The van der Waals surface area contributed by atoms with Gasteiger partial charge < -0.3 is 16.0 Å². The lowest BCUT2D eigenvalue weighted by atomic mass is 10.1. The first-order chi connectivity index (χ1) is 13.3. The Morgan fingerprint density at radius 1 is 1.04 bits per heavy atom. The maximum atomic E-state index is 12.2. The van der Waals surface area contributed by atoms with Crippen LogP contribution in [-0.4, -0.2) is 23.3 Å². The Morgan fingerprint density at radius 3 is 2.25 bits per heavy atom. The van der Waals surface area contributed by atoms with E-state index in [0.717, 1.165) is 24.0 Å². The Bertz CT molecular complexity index is 921. The summed E-state index contributed by atoms with van der Waals surface area (Å²) in [4.78, 5) is 34.6. The van der Waals surface area contributed by atoms with Gasteiger partial charge in [0.1, 0.15) is 5.69 Å². The van der Waals surface area contributed by atoms with Crippen molar-refractivity contribution >= 4 is 34.6 Å². The molecule has 1 saturated carbocycles. The largest absolute Gasteiger partial charge is 0.376 e. The van der Waals surface area contributed by atoms with E-state index < -0.39 is 10.8 Å². The molecule has 0 atom stereocenters. The maximum Gasteiger partial charge on any atom is 0.293 e. The molecule has 3 rings (SSSR count). The van der Waals surface area contributed by atoms with E-state index in [9.17, 15) is 19.7 Å². The monoisotopic (exact) mass is 382 g/mol. The molecule has 1 aliphatic rings. The summed E-state index contributed by atoms with van der Waals surface area (Å²) in [6.07, 6.45) is 1.89. The van der Waals surface area contributed by atoms with Crippen LogP contribution in [0.25, 0.3) is 0 Å². The van der Waals surface area contributed by atoms with Crippen molar-refractivity contribution in [1.29, 1.82) is 0 Å². The molecule has 146 valence electrons. The van der Waals surface area contributed by atoms with E-state index >= 15 is 0 Å². The SMILES string of the molecule is Cc1cc(NC(=O)CNc2ccc(NC(=O)C3CC3)cc2)c([N+](=O)[O-])cc1C. The molecule has 8 nitrogen and oxygen atoms in total. The normalized spacial score (nSPS) is 12.9. The average molecular weight is 382 g/mol. The summed E-state index contributed by atoms with van der Waals surface area (Å²) in [5, 5.41) is 19.6. The third-order valence-electron chi connectivity index (χ3n) is 4.64. The lowest BCUT2D eigenvalue weighted by molar-refractivity contribution is -0.384. The third kappa shape index (κ3) is 4.85.